The normalized spacial score (nSPS) is 12.7. The molecule has 0 saturated carbocycles. The number of benzene rings is 1. The Morgan fingerprint density at radius 1 is 1.22 bits per heavy atom. The van der Waals surface area contributed by atoms with E-state index in [2.05, 4.69) is 0 Å². The van der Waals surface area contributed by atoms with Crippen molar-refractivity contribution in [3.8, 4) is 5.75 Å². The van der Waals surface area contributed by atoms with Crippen LogP contribution in [0.5, 0.6) is 5.75 Å². The van der Waals surface area contributed by atoms with Gasteiger partial charge in [0.15, 0.2) is 9.84 Å². The van der Waals surface area contributed by atoms with Crippen LogP contribution in [0.4, 0.5) is 14.5 Å². The van der Waals surface area contributed by atoms with E-state index in [4.69, 9.17) is 0 Å². The number of anilines is 1. The first kappa shape index (κ1) is 14.6. The van der Waals surface area contributed by atoms with E-state index in [1.54, 1.807) is 0 Å². The molecule has 0 aliphatic rings. The third-order valence-corrected chi connectivity index (χ3v) is 3.97. The molecule has 1 aromatic rings. The van der Waals surface area contributed by atoms with Crippen LogP contribution in [0.3, 0.4) is 0 Å². The van der Waals surface area contributed by atoms with Crippen molar-refractivity contribution in [2.24, 2.45) is 0 Å². The van der Waals surface area contributed by atoms with Gasteiger partial charge >= 0.3 is 5.76 Å². The maximum Gasteiger partial charge on any atom is 0.355 e. The number of phenolic OH excluding ortho intramolecular Hbond substituents is 1. The minimum atomic E-state index is -4.97. The number of hydrogen-bond acceptors (Lipinski definition) is 5. The predicted molar refractivity (Wildman–Crippen MR) is 59.8 cm³/mol. The van der Waals surface area contributed by atoms with Crippen LogP contribution in [0, 0.1) is 0 Å². The second-order valence-electron chi connectivity index (χ2n) is 3.36. The number of rotatable bonds is 4. The van der Waals surface area contributed by atoms with E-state index in [1.807, 2.05) is 0 Å². The Labute approximate surface area is 102 Å². The molecule has 0 radical (unpaired) electrons. The molecule has 1 rings (SSSR count). The van der Waals surface area contributed by atoms with Crippen molar-refractivity contribution < 1.29 is 30.7 Å². The Bertz CT molecular complexity index is 654. The van der Waals surface area contributed by atoms with Gasteiger partial charge in [-0.25, -0.2) is 16.8 Å². The van der Waals surface area contributed by atoms with Crippen molar-refractivity contribution in [2.45, 2.75) is 10.7 Å². The standard InChI is InChI=1S/C8H9F2NO5S2/c1-17(13,14)5-2-3-7(12)6(4-5)11-18(15,16)8(9)10/h2-4,8,11-12H,1H3. The molecular formula is C8H9F2NO5S2. The van der Waals surface area contributed by atoms with E-state index >= 15 is 0 Å². The molecule has 0 aliphatic heterocycles. The van der Waals surface area contributed by atoms with Crippen molar-refractivity contribution in [2.75, 3.05) is 11.0 Å². The van der Waals surface area contributed by atoms with Gasteiger partial charge in [0.1, 0.15) is 5.75 Å². The minimum absolute atomic E-state index is 0.313. The number of aromatic hydroxyl groups is 1. The number of hydrogen-bond donors (Lipinski definition) is 2. The quantitative estimate of drug-likeness (QED) is 0.800. The molecule has 0 heterocycles. The molecule has 0 saturated heterocycles. The van der Waals surface area contributed by atoms with Crippen LogP contribution in [-0.4, -0.2) is 34.0 Å². The summed E-state index contributed by atoms with van der Waals surface area (Å²) in [5.74, 6) is -4.36. The van der Waals surface area contributed by atoms with Crippen LogP contribution in [0.25, 0.3) is 0 Å². The fourth-order valence-electron chi connectivity index (χ4n) is 1.03. The summed E-state index contributed by atoms with van der Waals surface area (Å²) in [6, 6.07) is 2.66. The van der Waals surface area contributed by atoms with Crippen molar-refractivity contribution in [3.63, 3.8) is 0 Å². The highest BCUT2D eigenvalue weighted by Gasteiger charge is 2.25. The first-order valence-corrected chi connectivity index (χ1v) is 7.80. The summed E-state index contributed by atoms with van der Waals surface area (Å²) < 4.78 is 69.8. The van der Waals surface area contributed by atoms with Gasteiger partial charge in [-0.2, -0.15) is 8.78 Å². The number of alkyl halides is 2. The molecule has 1 aromatic carbocycles. The van der Waals surface area contributed by atoms with Gasteiger partial charge in [0.05, 0.1) is 10.6 Å². The number of nitrogens with one attached hydrogen (secondary N) is 1. The lowest BCUT2D eigenvalue weighted by molar-refractivity contribution is 0.236. The Morgan fingerprint density at radius 2 is 1.78 bits per heavy atom. The lowest BCUT2D eigenvalue weighted by Gasteiger charge is -2.09. The van der Waals surface area contributed by atoms with E-state index in [0.29, 0.717) is 0 Å². The van der Waals surface area contributed by atoms with E-state index in [9.17, 15) is 30.7 Å². The van der Waals surface area contributed by atoms with Gasteiger partial charge in [0.2, 0.25) is 0 Å². The number of phenols is 1. The van der Waals surface area contributed by atoms with Crippen molar-refractivity contribution >= 4 is 25.5 Å². The molecule has 0 unspecified atom stereocenters. The van der Waals surface area contributed by atoms with Crippen LogP contribution in [0.1, 0.15) is 0 Å². The third kappa shape index (κ3) is 3.29. The highest BCUT2D eigenvalue weighted by atomic mass is 32.2. The summed E-state index contributed by atoms with van der Waals surface area (Å²) in [5, 5.41) is 9.28. The fraction of sp³-hybridized carbons (Fsp3) is 0.250. The Balaban J connectivity index is 3.27. The van der Waals surface area contributed by atoms with Gasteiger partial charge in [0, 0.05) is 6.26 Å². The summed E-state index contributed by atoms with van der Waals surface area (Å²) in [5.41, 5.74) is -0.627. The molecule has 0 fully saturated rings. The fourth-order valence-corrected chi connectivity index (χ4v) is 2.23. The lowest BCUT2D eigenvalue weighted by atomic mass is 10.3. The zero-order chi connectivity index (χ0) is 14.1. The number of sulfone groups is 1. The van der Waals surface area contributed by atoms with Gasteiger partial charge in [0.25, 0.3) is 10.0 Å². The van der Waals surface area contributed by atoms with Gasteiger partial charge in [-0.3, -0.25) is 4.72 Å². The van der Waals surface area contributed by atoms with E-state index in [-0.39, 0.29) is 4.90 Å². The first-order valence-electron chi connectivity index (χ1n) is 4.37. The molecule has 0 spiro atoms. The summed E-state index contributed by atoms with van der Waals surface area (Å²) in [4.78, 5) is -0.313. The highest BCUT2D eigenvalue weighted by Crippen LogP contribution is 2.28. The smallest absolute Gasteiger partial charge is 0.355 e. The minimum Gasteiger partial charge on any atom is -0.506 e. The average Bonchev–Trinajstić information content (AvgIpc) is 2.19. The molecule has 0 atom stereocenters. The maximum atomic E-state index is 12.1. The van der Waals surface area contributed by atoms with Crippen LogP contribution >= 0.6 is 0 Å². The summed E-state index contributed by atoms with van der Waals surface area (Å²) in [6.07, 6.45) is 0.852. The molecule has 0 aliphatic carbocycles. The summed E-state index contributed by atoms with van der Waals surface area (Å²) >= 11 is 0. The zero-order valence-electron chi connectivity index (χ0n) is 8.96. The Morgan fingerprint density at radius 3 is 2.22 bits per heavy atom. The molecule has 10 heteroatoms. The molecule has 2 N–H and O–H groups in total. The van der Waals surface area contributed by atoms with Crippen LogP contribution in [0.15, 0.2) is 23.1 Å². The van der Waals surface area contributed by atoms with E-state index in [0.717, 1.165) is 24.5 Å². The predicted octanol–water partition coefficient (Wildman–Crippen LogP) is 0.760. The van der Waals surface area contributed by atoms with Crippen LogP contribution < -0.4 is 4.72 Å². The van der Waals surface area contributed by atoms with Crippen LogP contribution in [0.2, 0.25) is 0 Å². The van der Waals surface area contributed by atoms with E-state index < -0.39 is 37.1 Å². The number of halogens is 2. The second-order valence-corrected chi connectivity index (χ2v) is 7.03. The summed E-state index contributed by atoms with van der Waals surface area (Å²) in [6.45, 7) is 0. The molecule has 102 valence electrons. The van der Waals surface area contributed by atoms with Crippen LogP contribution in [-0.2, 0) is 19.9 Å². The molecule has 0 aromatic heterocycles. The summed E-state index contributed by atoms with van der Waals surface area (Å²) in [7, 11) is -8.63. The monoisotopic (exact) mass is 301 g/mol. The lowest BCUT2D eigenvalue weighted by Crippen LogP contribution is -2.20. The van der Waals surface area contributed by atoms with Crippen molar-refractivity contribution in [1.82, 2.24) is 0 Å². The zero-order valence-corrected chi connectivity index (χ0v) is 10.6. The average molecular weight is 301 g/mol. The third-order valence-electron chi connectivity index (χ3n) is 1.88. The van der Waals surface area contributed by atoms with Gasteiger partial charge in [-0.15, -0.1) is 0 Å². The largest absolute Gasteiger partial charge is 0.506 e. The van der Waals surface area contributed by atoms with Gasteiger partial charge in [-0.1, -0.05) is 0 Å². The topological polar surface area (TPSA) is 101 Å². The highest BCUT2D eigenvalue weighted by molar-refractivity contribution is 7.93. The molecule has 18 heavy (non-hydrogen) atoms. The molecule has 0 bridgehead atoms. The first-order chi connectivity index (χ1) is 8.04. The van der Waals surface area contributed by atoms with Crippen molar-refractivity contribution in [1.29, 1.82) is 0 Å². The second kappa shape index (κ2) is 4.69. The Kier molecular flexibility index (Phi) is 3.81. The maximum absolute atomic E-state index is 12.1. The molecular weight excluding hydrogens is 292 g/mol. The Hall–Kier alpha value is -1.42. The van der Waals surface area contributed by atoms with Crippen molar-refractivity contribution in [3.05, 3.63) is 18.2 Å². The molecule has 0 amide bonds. The van der Waals surface area contributed by atoms with E-state index in [1.165, 1.54) is 4.72 Å². The van der Waals surface area contributed by atoms with Gasteiger partial charge < -0.3 is 5.11 Å². The SMILES string of the molecule is CS(=O)(=O)c1ccc(O)c(NS(=O)(=O)C(F)F)c1. The molecule has 6 nitrogen and oxygen atoms in total. The number of sulfonamides is 1. The van der Waals surface area contributed by atoms with Gasteiger partial charge in [-0.05, 0) is 18.2 Å².